The minimum atomic E-state index is -0.138. The van der Waals surface area contributed by atoms with Gasteiger partial charge in [-0.3, -0.25) is 4.79 Å². The van der Waals surface area contributed by atoms with E-state index in [-0.39, 0.29) is 12.5 Å². The van der Waals surface area contributed by atoms with Crippen LogP contribution in [0.25, 0.3) is 0 Å². The van der Waals surface area contributed by atoms with E-state index < -0.39 is 0 Å². The van der Waals surface area contributed by atoms with Gasteiger partial charge in [-0.15, -0.1) is 0 Å². The van der Waals surface area contributed by atoms with Crippen LogP contribution in [-0.4, -0.2) is 39.4 Å². The maximum atomic E-state index is 11.5. The Balaban J connectivity index is 2.28. The monoisotopic (exact) mass is 281 g/mol. The van der Waals surface area contributed by atoms with Gasteiger partial charge in [-0.25, -0.2) is 0 Å². The molecule has 20 heavy (non-hydrogen) atoms. The molecule has 5 nitrogen and oxygen atoms in total. The van der Waals surface area contributed by atoms with Crippen molar-refractivity contribution in [3.63, 3.8) is 0 Å². The predicted molar refractivity (Wildman–Crippen MR) is 77.2 cm³/mol. The summed E-state index contributed by atoms with van der Waals surface area (Å²) in [6.07, 6.45) is 1.75. The number of nitrogens with one attached hydrogen (secondary N) is 1. The van der Waals surface area contributed by atoms with Crippen LogP contribution in [0.4, 0.5) is 0 Å². The molecule has 1 amide bonds. The third-order valence-corrected chi connectivity index (χ3v) is 2.50. The molecule has 0 heterocycles. The molecule has 1 rings (SSSR count). The first-order valence-corrected chi connectivity index (χ1v) is 6.87. The first-order valence-electron chi connectivity index (χ1n) is 6.87. The van der Waals surface area contributed by atoms with Gasteiger partial charge in [0, 0.05) is 26.3 Å². The van der Waals surface area contributed by atoms with Crippen molar-refractivity contribution < 1.29 is 19.0 Å². The first-order chi connectivity index (χ1) is 9.76. The van der Waals surface area contributed by atoms with Crippen LogP contribution in [0, 0.1) is 0 Å². The molecule has 0 aliphatic carbocycles. The molecular weight excluding hydrogens is 258 g/mol. The Morgan fingerprint density at radius 3 is 2.65 bits per heavy atom. The fraction of sp³-hybridized carbons (Fsp3) is 0.533. The number of hydrogen-bond donors (Lipinski definition) is 1. The van der Waals surface area contributed by atoms with Crippen LogP contribution in [0.3, 0.4) is 0 Å². The average molecular weight is 281 g/mol. The molecule has 112 valence electrons. The third kappa shape index (κ3) is 6.99. The largest absolute Gasteiger partial charge is 0.493 e. The number of methoxy groups -OCH3 is 1. The second-order valence-corrected chi connectivity index (χ2v) is 4.31. The molecule has 0 saturated heterocycles. The van der Waals surface area contributed by atoms with Gasteiger partial charge in [-0.05, 0) is 25.0 Å². The fourth-order valence-corrected chi connectivity index (χ4v) is 1.52. The summed E-state index contributed by atoms with van der Waals surface area (Å²) in [5.74, 6) is 1.25. The van der Waals surface area contributed by atoms with Gasteiger partial charge in [0.25, 0.3) is 5.91 Å². The third-order valence-electron chi connectivity index (χ3n) is 2.50. The molecule has 0 radical (unpaired) electrons. The molecule has 0 atom stereocenters. The second-order valence-electron chi connectivity index (χ2n) is 4.31. The van der Waals surface area contributed by atoms with Crippen molar-refractivity contribution in [2.45, 2.75) is 19.8 Å². The molecule has 0 aliphatic rings. The van der Waals surface area contributed by atoms with E-state index in [9.17, 15) is 4.79 Å². The minimum absolute atomic E-state index is 0.00418. The summed E-state index contributed by atoms with van der Waals surface area (Å²) in [4.78, 5) is 11.5. The molecule has 1 aromatic carbocycles. The van der Waals surface area contributed by atoms with E-state index >= 15 is 0 Å². The zero-order valence-electron chi connectivity index (χ0n) is 12.2. The number of ether oxygens (including phenoxy) is 3. The van der Waals surface area contributed by atoms with E-state index in [1.807, 2.05) is 19.1 Å². The van der Waals surface area contributed by atoms with Crippen molar-refractivity contribution >= 4 is 5.91 Å². The van der Waals surface area contributed by atoms with Crippen molar-refractivity contribution in [1.29, 1.82) is 0 Å². The standard InChI is InChI=1S/C15H23NO4/c1-3-9-19-13-6-4-7-14(11-13)20-12-15(17)16-8-5-10-18-2/h4,6-7,11H,3,5,8-10,12H2,1-2H3,(H,16,17). The summed E-state index contributed by atoms with van der Waals surface area (Å²) in [5.41, 5.74) is 0. The molecule has 0 aliphatic heterocycles. The fourth-order valence-electron chi connectivity index (χ4n) is 1.52. The highest BCUT2D eigenvalue weighted by atomic mass is 16.5. The molecule has 0 aromatic heterocycles. The molecular formula is C15H23NO4. The highest BCUT2D eigenvalue weighted by molar-refractivity contribution is 5.77. The Kier molecular flexibility index (Phi) is 8.22. The normalized spacial score (nSPS) is 10.1. The van der Waals surface area contributed by atoms with Gasteiger partial charge in [0.15, 0.2) is 6.61 Å². The van der Waals surface area contributed by atoms with Gasteiger partial charge >= 0.3 is 0 Å². The van der Waals surface area contributed by atoms with Crippen LogP contribution < -0.4 is 14.8 Å². The molecule has 0 fully saturated rings. The summed E-state index contributed by atoms with van der Waals surface area (Å²) in [6, 6.07) is 7.30. The number of benzene rings is 1. The van der Waals surface area contributed by atoms with Gasteiger partial charge in [0.1, 0.15) is 11.5 Å². The van der Waals surface area contributed by atoms with E-state index in [1.54, 1.807) is 19.2 Å². The maximum absolute atomic E-state index is 11.5. The number of hydrogen-bond acceptors (Lipinski definition) is 4. The smallest absolute Gasteiger partial charge is 0.257 e. The van der Waals surface area contributed by atoms with Gasteiger partial charge in [-0.1, -0.05) is 13.0 Å². The zero-order chi connectivity index (χ0) is 14.6. The van der Waals surface area contributed by atoms with Crippen LogP contribution >= 0.6 is 0 Å². The van der Waals surface area contributed by atoms with Gasteiger partial charge in [0.05, 0.1) is 6.61 Å². The number of rotatable bonds is 10. The molecule has 5 heteroatoms. The van der Waals surface area contributed by atoms with Crippen LogP contribution in [0.5, 0.6) is 11.5 Å². The van der Waals surface area contributed by atoms with E-state index in [0.29, 0.717) is 25.5 Å². The Bertz CT molecular complexity index is 395. The summed E-state index contributed by atoms with van der Waals surface area (Å²) in [5, 5.41) is 2.76. The van der Waals surface area contributed by atoms with Gasteiger partial charge in [-0.2, -0.15) is 0 Å². The number of carbonyl (C=O) groups excluding carboxylic acids is 1. The Morgan fingerprint density at radius 2 is 1.95 bits per heavy atom. The topological polar surface area (TPSA) is 56.8 Å². The summed E-state index contributed by atoms with van der Waals surface area (Å²) < 4.78 is 15.8. The lowest BCUT2D eigenvalue weighted by Gasteiger charge is -2.09. The van der Waals surface area contributed by atoms with Gasteiger partial charge < -0.3 is 19.5 Å². The highest BCUT2D eigenvalue weighted by Gasteiger charge is 2.03. The lowest BCUT2D eigenvalue weighted by Crippen LogP contribution is -2.30. The van der Waals surface area contributed by atoms with Gasteiger partial charge in [0.2, 0.25) is 0 Å². The Labute approximate surface area is 120 Å². The molecule has 0 bridgehead atoms. The minimum Gasteiger partial charge on any atom is -0.493 e. The van der Waals surface area contributed by atoms with Crippen molar-refractivity contribution in [3.05, 3.63) is 24.3 Å². The van der Waals surface area contributed by atoms with Crippen molar-refractivity contribution in [2.75, 3.05) is 33.5 Å². The molecule has 0 unspecified atom stereocenters. The van der Waals surface area contributed by atoms with E-state index in [1.165, 1.54) is 0 Å². The van der Waals surface area contributed by atoms with Crippen molar-refractivity contribution in [3.8, 4) is 11.5 Å². The second kappa shape index (κ2) is 10.1. The molecule has 0 saturated carbocycles. The summed E-state index contributed by atoms with van der Waals surface area (Å²) in [6.45, 7) is 3.95. The van der Waals surface area contributed by atoms with Crippen LogP contribution in [0.15, 0.2) is 24.3 Å². The lowest BCUT2D eigenvalue weighted by atomic mass is 10.3. The SMILES string of the molecule is CCCOc1cccc(OCC(=O)NCCCOC)c1. The van der Waals surface area contributed by atoms with E-state index in [4.69, 9.17) is 14.2 Å². The highest BCUT2D eigenvalue weighted by Crippen LogP contribution is 2.19. The molecule has 1 aromatic rings. The van der Waals surface area contributed by atoms with Crippen molar-refractivity contribution in [1.82, 2.24) is 5.32 Å². The predicted octanol–water partition coefficient (Wildman–Crippen LogP) is 2.01. The zero-order valence-corrected chi connectivity index (χ0v) is 12.2. The lowest BCUT2D eigenvalue weighted by molar-refractivity contribution is -0.123. The average Bonchev–Trinajstić information content (AvgIpc) is 2.48. The van der Waals surface area contributed by atoms with Crippen LogP contribution in [-0.2, 0) is 9.53 Å². The van der Waals surface area contributed by atoms with Crippen LogP contribution in [0.2, 0.25) is 0 Å². The Hall–Kier alpha value is -1.75. The van der Waals surface area contributed by atoms with Crippen LogP contribution in [0.1, 0.15) is 19.8 Å². The molecule has 0 spiro atoms. The van der Waals surface area contributed by atoms with Crippen molar-refractivity contribution in [2.24, 2.45) is 0 Å². The Morgan fingerprint density at radius 1 is 1.20 bits per heavy atom. The van der Waals surface area contributed by atoms with E-state index in [2.05, 4.69) is 5.32 Å². The first kappa shape index (κ1) is 16.3. The summed E-state index contributed by atoms with van der Waals surface area (Å²) in [7, 11) is 1.64. The van der Waals surface area contributed by atoms with E-state index in [0.717, 1.165) is 18.6 Å². The maximum Gasteiger partial charge on any atom is 0.257 e. The molecule has 1 N–H and O–H groups in total. The number of carbonyl (C=O) groups is 1. The quantitative estimate of drug-likeness (QED) is 0.667. The number of amides is 1. The summed E-state index contributed by atoms with van der Waals surface area (Å²) >= 11 is 0.